The first kappa shape index (κ1) is 12.7. The number of allylic oxidation sites excluding steroid dienone is 1. The fourth-order valence-electron chi connectivity index (χ4n) is 2.90. The van der Waals surface area contributed by atoms with Crippen LogP contribution < -0.4 is 0 Å². The van der Waals surface area contributed by atoms with Crippen molar-refractivity contribution in [2.24, 2.45) is 5.92 Å². The Kier molecular flexibility index (Phi) is 2.55. The highest BCUT2D eigenvalue weighted by atomic mass is 19.3. The lowest BCUT2D eigenvalue weighted by Gasteiger charge is -2.12. The highest BCUT2D eigenvalue weighted by Gasteiger charge is 2.49. The van der Waals surface area contributed by atoms with E-state index in [0.29, 0.717) is 11.7 Å². The van der Waals surface area contributed by atoms with Crippen LogP contribution in [-0.4, -0.2) is 14.8 Å². The van der Waals surface area contributed by atoms with Gasteiger partial charge in [-0.25, -0.2) is 9.67 Å². The largest absolute Gasteiger partial charge is 0.308 e. The van der Waals surface area contributed by atoms with Crippen LogP contribution in [0.1, 0.15) is 42.5 Å². The van der Waals surface area contributed by atoms with Gasteiger partial charge in [0.1, 0.15) is 0 Å². The number of rotatable bonds is 3. The Balaban J connectivity index is 1.77. The maximum atomic E-state index is 14.2. The molecule has 0 radical (unpaired) electrons. The van der Waals surface area contributed by atoms with Crippen LogP contribution in [0.25, 0.3) is 5.57 Å². The van der Waals surface area contributed by atoms with Gasteiger partial charge < -0.3 is 0 Å². The van der Waals surface area contributed by atoms with E-state index in [1.807, 2.05) is 30.3 Å². The molecular weight excluding hydrogens is 272 g/mol. The van der Waals surface area contributed by atoms with E-state index in [2.05, 4.69) is 16.7 Å². The molecule has 1 aromatic carbocycles. The summed E-state index contributed by atoms with van der Waals surface area (Å²) in [4.78, 5) is 4.08. The maximum Gasteiger partial charge on any atom is 0.308 e. The van der Waals surface area contributed by atoms with Gasteiger partial charge in [0, 0.05) is 6.42 Å². The van der Waals surface area contributed by atoms with Crippen molar-refractivity contribution >= 4 is 5.57 Å². The van der Waals surface area contributed by atoms with E-state index >= 15 is 0 Å². The summed E-state index contributed by atoms with van der Waals surface area (Å²) >= 11 is 0. The minimum atomic E-state index is -2.93. The average molecular weight is 287 g/mol. The summed E-state index contributed by atoms with van der Waals surface area (Å²) in [6.45, 7) is 3.96. The Morgan fingerprint density at radius 2 is 1.95 bits per heavy atom. The highest BCUT2D eigenvalue weighted by Crippen LogP contribution is 2.47. The topological polar surface area (TPSA) is 30.7 Å². The van der Waals surface area contributed by atoms with Crippen LogP contribution in [-0.2, 0) is 5.92 Å². The molecule has 1 aromatic heterocycles. The van der Waals surface area contributed by atoms with Crippen LogP contribution in [0.5, 0.6) is 0 Å². The molecule has 1 atom stereocenters. The zero-order valence-electron chi connectivity index (χ0n) is 11.5. The molecule has 2 heterocycles. The molecule has 108 valence electrons. The third-order valence-electron chi connectivity index (χ3n) is 4.25. The monoisotopic (exact) mass is 287 g/mol. The number of aromatic nitrogens is 3. The molecule has 2 aliphatic rings. The molecule has 1 saturated carbocycles. The second kappa shape index (κ2) is 4.23. The zero-order valence-corrected chi connectivity index (χ0v) is 11.5. The van der Waals surface area contributed by atoms with Gasteiger partial charge in [-0.1, -0.05) is 36.9 Å². The third-order valence-corrected chi connectivity index (χ3v) is 4.25. The molecule has 2 aromatic rings. The second-order valence-electron chi connectivity index (χ2n) is 5.84. The first-order valence-electron chi connectivity index (χ1n) is 7.15. The first-order chi connectivity index (χ1) is 10.1. The van der Waals surface area contributed by atoms with Crippen molar-refractivity contribution in [2.75, 3.05) is 0 Å². The first-order valence-corrected chi connectivity index (χ1v) is 7.15. The molecule has 1 unspecified atom stereocenters. The van der Waals surface area contributed by atoms with E-state index in [0.717, 1.165) is 24.0 Å². The molecular formula is C16H15F2N3. The standard InChI is InChI=1S/C16H15F2N3/c1-10(11-7-8-11)14-19-15-16(17,18)9-13(21(15)20-14)12-5-3-2-4-6-12/h2-6,11,13H,1,7-9H2. The fraction of sp³-hybridized carbons (Fsp3) is 0.375. The lowest BCUT2D eigenvalue weighted by Crippen LogP contribution is -2.10. The Morgan fingerprint density at radius 3 is 2.62 bits per heavy atom. The van der Waals surface area contributed by atoms with Crippen molar-refractivity contribution < 1.29 is 8.78 Å². The molecule has 0 bridgehead atoms. The molecule has 4 rings (SSSR count). The molecule has 0 amide bonds. The predicted molar refractivity (Wildman–Crippen MR) is 74.9 cm³/mol. The number of hydrogen-bond acceptors (Lipinski definition) is 2. The smallest absolute Gasteiger partial charge is 0.236 e. The molecule has 0 saturated heterocycles. The summed E-state index contributed by atoms with van der Waals surface area (Å²) in [7, 11) is 0. The summed E-state index contributed by atoms with van der Waals surface area (Å²) in [5.74, 6) is -2.41. The van der Waals surface area contributed by atoms with Gasteiger partial charge in [-0.3, -0.25) is 0 Å². The van der Waals surface area contributed by atoms with Gasteiger partial charge in [-0.2, -0.15) is 13.9 Å². The van der Waals surface area contributed by atoms with Crippen LogP contribution in [0.4, 0.5) is 8.78 Å². The number of benzene rings is 1. The van der Waals surface area contributed by atoms with Gasteiger partial charge >= 0.3 is 5.92 Å². The van der Waals surface area contributed by atoms with Gasteiger partial charge in [-0.05, 0) is 29.9 Å². The molecule has 1 fully saturated rings. The van der Waals surface area contributed by atoms with E-state index in [4.69, 9.17) is 0 Å². The lowest BCUT2D eigenvalue weighted by molar-refractivity contribution is -0.00880. The molecule has 1 aliphatic carbocycles. The summed E-state index contributed by atoms with van der Waals surface area (Å²) in [5, 5.41) is 4.33. The number of hydrogen-bond donors (Lipinski definition) is 0. The van der Waals surface area contributed by atoms with Gasteiger partial charge in [0.05, 0.1) is 6.04 Å². The van der Waals surface area contributed by atoms with Gasteiger partial charge in [0.25, 0.3) is 0 Å². The van der Waals surface area contributed by atoms with Crippen LogP contribution in [0, 0.1) is 5.92 Å². The quantitative estimate of drug-likeness (QED) is 0.860. The van der Waals surface area contributed by atoms with E-state index in [1.165, 1.54) is 4.68 Å². The minimum Gasteiger partial charge on any atom is -0.236 e. The van der Waals surface area contributed by atoms with E-state index in [-0.39, 0.29) is 12.2 Å². The normalized spacial score (nSPS) is 23.0. The van der Waals surface area contributed by atoms with Crippen molar-refractivity contribution in [3.05, 3.63) is 54.1 Å². The number of nitrogens with zero attached hydrogens (tertiary/aromatic N) is 3. The van der Waals surface area contributed by atoms with Crippen molar-refractivity contribution in [1.82, 2.24) is 14.8 Å². The van der Waals surface area contributed by atoms with E-state index in [9.17, 15) is 8.78 Å². The summed E-state index contributed by atoms with van der Waals surface area (Å²) < 4.78 is 29.8. The highest BCUT2D eigenvalue weighted by molar-refractivity contribution is 5.61. The second-order valence-corrected chi connectivity index (χ2v) is 5.84. The maximum absolute atomic E-state index is 14.2. The molecule has 0 N–H and O–H groups in total. The summed E-state index contributed by atoms with van der Waals surface area (Å²) in [5.41, 5.74) is 1.63. The predicted octanol–water partition coefficient (Wildman–Crippen LogP) is 3.79. The average Bonchev–Trinajstić information content (AvgIpc) is 3.17. The molecule has 1 aliphatic heterocycles. The zero-order chi connectivity index (χ0) is 14.6. The van der Waals surface area contributed by atoms with Crippen molar-refractivity contribution in [1.29, 1.82) is 0 Å². The molecule has 21 heavy (non-hydrogen) atoms. The Hall–Kier alpha value is -2.04. The Morgan fingerprint density at radius 1 is 1.24 bits per heavy atom. The van der Waals surface area contributed by atoms with E-state index < -0.39 is 12.0 Å². The van der Waals surface area contributed by atoms with Crippen LogP contribution in [0.15, 0.2) is 36.9 Å². The van der Waals surface area contributed by atoms with Gasteiger partial charge in [-0.15, -0.1) is 0 Å². The van der Waals surface area contributed by atoms with Crippen molar-refractivity contribution in [2.45, 2.75) is 31.2 Å². The molecule has 0 spiro atoms. The Bertz CT molecular complexity index is 702. The van der Waals surface area contributed by atoms with Gasteiger partial charge in [0.15, 0.2) is 11.6 Å². The van der Waals surface area contributed by atoms with Crippen LogP contribution in [0.2, 0.25) is 0 Å². The van der Waals surface area contributed by atoms with Crippen LogP contribution in [0.3, 0.4) is 0 Å². The minimum absolute atomic E-state index is 0.229. The fourth-order valence-corrected chi connectivity index (χ4v) is 2.90. The Labute approximate surface area is 121 Å². The SMILES string of the molecule is C=C(c1nc2n(n1)C(c1ccccc1)CC2(F)F)C1CC1. The van der Waals surface area contributed by atoms with Crippen molar-refractivity contribution in [3.63, 3.8) is 0 Å². The molecule has 5 heteroatoms. The van der Waals surface area contributed by atoms with Crippen LogP contribution >= 0.6 is 0 Å². The number of fused-ring (bicyclic) bond motifs is 1. The third kappa shape index (κ3) is 1.99. The van der Waals surface area contributed by atoms with E-state index in [1.54, 1.807) is 0 Å². The summed E-state index contributed by atoms with van der Waals surface area (Å²) in [6.07, 6.45) is 1.84. The van der Waals surface area contributed by atoms with Gasteiger partial charge in [0.2, 0.25) is 0 Å². The lowest BCUT2D eigenvalue weighted by atomic mass is 10.0. The molecule has 3 nitrogen and oxygen atoms in total. The number of halogens is 2. The summed E-state index contributed by atoms with van der Waals surface area (Å²) in [6, 6.07) is 8.84. The van der Waals surface area contributed by atoms with Crippen molar-refractivity contribution in [3.8, 4) is 0 Å². The number of alkyl halides is 2.